The minimum absolute atomic E-state index is 0.358. The van der Waals surface area contributed by atoms with Gasteiger partial charge in [0.1, 0.15) is 0 Å². The summed E-state index contributed by atoms with van der Waals surface area (Å²) in [4.78, 5) is 4.27. The maximum Gasteiger partial charge on any atom is 0.229 e. The second-order valence-electron chi connectivity index (χ2n) is 4.68. The highest BCUT2D eigenvalue weighted by atomic mass is 16.5. The molecule has 0 saturated carbocycles. The molecule has 0 aromatic carbocycles. The molecule has 92 valence electrons. The van der Waals surface area contributed by atoms with Gasteiger partial charge in [0.25, 0.3) is 0 Å². The minimum atomic E-state index is -0.358. The number of aryl methyl sites for hydroxylation is 1. The van der Waals surface area contributed by atoms with Gasteiger partial charge in [0.2, 0.25) is 5.89 Å². The minimum Gasteiger partial charge on any atom is -0.393 e. The van der Waals surface area contributed by atoms with Gasteiger partial charge in [0, 0.05) is 6.42 Å². The van der Waals surface area contributed by atoms with Crippen LogP contribution in [0.2, 0.25) is 0 Å². The average Bonchev–Trinajstić information content (AvgIpc) is 2.63. The fraction of sp³-hybridized carbons (Fsp3) is 0.833. The average molecular weight is 226 g/mol. The first-order valence-corrected chi connectivity index (χ1v) is 6.11. The highest BCUT2D eigenvalue weighted by Crippen LogP contribution is 2.09. The number of rotatable bonds is 7. The number of aliphatic hydroxyl groups excluding tert-OH is 1. The fourth-order valence-corrected chi connectivity index (χ4v) is 1.53. The van der Waals surface area contributed by atoms with E-state index in [1.165, 1.54) is 0 Å². The standard InChI is InChI=1S/C12H22N2O2/c1-4-5-10(15)8-12-13-11(14-16-12)7-6-9(2)3/h9-10,15H,4-8H2,1-3H3. The molecule has 0 saturated heterocycles. The third-order valence-corrected chi connectivity index (χ3v) is 2.49. The van der Waals surface area contributed by atoms with Crippen molar-refractivity contribution in [2.24, 2.45) is 5.92 Å². The molecule has 1 aromatic heterocycles. The molecule has 1 atom stereocenters. The van der Waals surface area contributed by atoms with E-state index in [2.05, 4.69) is 24.0 Å². The van der Waals surface area contributed by atoms with Crippen molar-refractivity contribution in [2.45, 2.75) is 59.0 Å². The van der Waals surface area contributed by atoms with Crippen LogP contribution in [-0.2, 0) is 12.8 Å². The third kappa shape index (κ3) is 4.75. The molecule has 1 N–H and O–H groups in total. The van der Waals surface area contributed by atoms with Gasteiger partial charge < -0.3 is 9.63 Å². The van der Waals surface area contributed by atoms with E-state index in [1.54, 1.807) is 0 Å². The smallest absolute Gasteiger partial charge is 0.229 e. The molecule has 1 aromatic rings. The Hall–Kier alpha value is -0.900. The Morgan fingerprint density at radius 3 is 2.69 bits per heavy atom. The monoisotopic (exact) mass is 226 g/mol. The van der Waals surface area contributed by atoms with E-state index >= 15 is 0 Å². The van der Waals surface area contributed by atoms with Crippen molar-refractivity contribution in [1.82, 2.24) is 10.1 Å². The number of aliphatic hydroxyl groups is 1. The summed E-state index contributed by atoms with van der Waals surface area (Å²) < 4.78 is 5.09. The lowest BCUT2D eigenvalue weighted by molar-refractivity contribution is 0.151. The zero-order valence-electron chi connectivity index (χ0n) is 10.4. The molecule has 1 heterocycles. The van der Waals surface area contributed by atoms with Crippen molar-refractivity contribution in [3.05, 3.63) is 11.7 Å². The lowest BCUT2D eigenvalue weighted by atomic mass is 10.1. The maximum absolute atomic E-state index is 9.60. The van der Waals surface area contributed by atoms with Crippen LogP contribution in [-0.4, -0.2) is 21.4 Å². The van der Waals surface area contributed by atoms with Crippen molar-refractivity contribution in [1.29, 1.82) is 0 Å². The Bertz CT molecular complexity index is 297. The van der Waals surface area contributed by atoms with Crippen LogP contribution < -0.4 is 0 Å². The van der Waals surface area contributed by atoms with E-state index in [1.807, 2.05) is 6.92 Å². The summed E-state index contributed by atoms with van der Waals surface area (Å²) >= 11 is 0. The normalized spacial score (nSPS) is 13.3. The van der Waals surface area contributed by atoms with Gasteiger partial charge in [-0.1, -0.05) is 32.3 Å². The van der Waals surface area contributed by atoms with Gasteiger partial charge in [-0.2, -0.15) is 4.98 Å². The lowest BCUT2D eigenvalue weighted by Gasteiger charge is -2.04. The summed E-state index contributed by atoms with van der Waals surface area (Å²) in [6, 6.07) is 0. The lowest BCUT2D eigenvalue weighted by Crippen LogP contribution is -2.09. The molecule has 0 fully saturated rings. The molecule has 4 heteroatoms. The molecule has 0 bridgehead atoms. The molecule has 4 nitrogen and oxygen atoms in total. The Kier molecular flexibility index (Phi) is 5.46. The van der Waals surface area contributed by atoms with Gasteiger partial charge in [0.05, 0.1) is 12.5 Å². The SMILES string of the molecule is CCCC(O)Cc1nc(CCC(C)C)no1. The van der Waals surface area contributed by atoms with Crippen molar-refractivity contribution in [2.75, 3.05) is 0 Å². The first-order valence-electron chi connectivity index (χ1n) is 6.11. The van der Waals surface area contributed by atoms with Crippen LogP contribution in [0.15, 0.2) is 4.52 Å². The van der Waals surface area contributed by atoms with E-state index in [-0.39, 0.29) is 6.10 Å². The van der Waals surface area contributed by atoms with Gasteiger partial charge in [-0.25, -0.2) is 0 Å². The van der Waals surface area contributed by atoms with E-state index in [4.69, 9.17) is 4.52 Å². The summed E-state index contributed by atoms with van der Waals surface area (Å²) in [6.07, 6.45) is 3.78. The zero-order valence-corrected chi connectivity index (χ0v) is 10.4. The summed E-state index contributed by atoms with van der Waals surface area (Å²) in [5, 5.41) is 13.5. The van der Waals surface area contributed by atoms with E-state index < -0.39 is 0 Å². The molecule has 0 spiro atoms. The maximum atomic E-state index is 9.60. The van der Waals surface area contributed by atoms with Gasteiger partial charge in [-0.3, -0.25) is 0 Å². The predicted octanol–water partition coefficient (Wildman–Crippen LogP) is 2.36. The zero-order chi connectivity index (χ0) is 12.0. The largest absolute Gasteiger partial charge is 0.393 e. The van der Waals surface area contributed by atoms with Crippen molar-refractivity contribution in [3.8, 4) is 0 Å². The molecule has 1 unspecified atom stereocenters. The van der Waals surface area contributed by atoms with E-state index in [9.17, 15) is 5.11 Å². The highest BCUT2D eigenvalue weighted by molar-refractivity contribution is 4.88. The number of nitrogens with zero attached hydrogens (tertiary/aromatic N) is 2. The van der Waals surface area contributed by atoms with Gasteiger partial charge >= 0.3 is 0 Å². The number of hydrogen-bond donors (Lipinski definition) is 1. The third-order valence-electron chi connectivity index (χ3n) is 2.49. The second-order valence-corrected chi connectivity index (χ2v) is 4.68. The topological polar surface area (TPSA) is 59.2 Å². The molecule has 0 aliphatic heterocycles. The van der Waals surface area contributed by atoms with E-state index in [0.717, 1.165) is 31.5 Å². The van der Waals surface area contributed by atoms with Gasteiger partial charge in [0.15, 0.2) is 5.82 Å². The van der Waals surface area contributed by atoms with Crippen LogP contribution in [0, 0.1) is 5.92 Å². The first kappa shape index (κ1) is 13.2. The van der Waals surface area contributed by atoms with Crippen LogP contribution in [0.1, 0.15) is 51.7 Å². The Balaban J connectivity index is 2.39. The predicted molar refractivity (Wildman–Crippen MR) is 62.1 cm³/mol. The molecular weight excluding hydrogens is 204 g/mol. The fourth-order valence-electron chi connectivity index (χ4n) is 1.53. The Labute approximate surface area is 97.1 Å². The highest BCUT2D eigenvalue weighted by Gasteiger charge is 2.11. The summed E-state index contributed by atoms with van der Waals surface area (Å²) in [6.45, 7) is 6.39. The van der Waals surface area contributed by atoms with Crippen molar-refractivity contribution in [3.63, 3.8) is 0 Å². The number of hydrogen-bond acceptors (Lipinski definition) is 4. The Morgan fingerprint density at radius 2 is 2.06 bits per heavy atom. The second kappa shape index (κ2) is 6.63. The van der Waals surface area contributed by atoms with Gasteiger partial charge in [-0.15, -0.1) is 0 Å². The van der Waals surface area contributed by atoms with Crippen molar-refractivity contribution < 1.29 is 9.63 Å². The van der Waals surface area contributed by atoms with Crippen LogP contribution in [0.3, 0.4) is 0 Å². The van der Waals surface area contributed by atoms with E-state index in [0.29, 0.717) is 18.2 Å². The van der Waals surface area contributed by atoms with Crippen LogP contribution in [0.4, 0.5) is 0 Å². The molecule has 1 rings (SSSR count). The Morgan fingerprint density at radius 1 is 1.31 bits per heavy atom. The number of aromatic nitrogens is 2. The molecule has 0 amide bonds. The summed E-state index contributed by atoms with van der Waals surface area (Å²) in [5.41, 5.74) is 0. The van der Waals surface area contributed by atoms with Crippen LogP contribution in [0.25, 0.3) is 0 Å². The molecule has 0 radical (unpaired) electrons. The molecule has 0 aliphatic rings. The van der Waals surface area contributed by atoms with Gasteiger partial charge in [-0.05, 0) is 18.8 Å². The molecule has 16 heavy (non-hydrogen) atoms. The molecule has 0 aliphatic carbocycles. The quantitative estimate of drug-likeness (QED) is 0.775. The first-order chi connectivity index (χ1) is 7.61. The summed E-state index contributed by atoms with van der Waals surface area (Å²) in [7, 11) is 0. The summed E-state index contributed by atoms with van der Waals surface area (Å²) in [5.74, 6) is 1.96. The van der Waals surface area contributed by atoms with Crippen LogP contribution >= 0.6 is 0 Å². The molecular formula is C12H22N2O2. The van der Waals surface area contributed by atoms with Crippen molar-refractivity contribution >= 4 is 0 Å². The van der Waals surface area contributed by atoms with Crippen LogP contribution in [0.5, 0.6) is 0 Å².